The quantitative estimate of drug-likeness (QED) is 0.218. The van der Waals surface area contributed by atoms with E-state index < -0.39 is 42.5 Å². The number of likely N-dealkylation sites (tertiary alicyclic amines) is 2. The Morgan fingerprint density at radius 3 is 1.63 bits per heavy atom. The summed E-state index contributed by atoms with van der Waals surface area (Å²) < 4.78 is 44.7. The molecule has 15 heteroatoms. The molecule has 4 heterocycles. The molecule has 2 fully saturated rings. The van der Waals surface area contributed by atoms with Crippen LogP contribution in [-0.2, 0) is 37.0 Å². The lowest BCUT2D eigenvalue weighted by atomic mass is 9.89. The molecule has 12 nitrogen and oxygen atoms in total. The minimum atomic E-state index is -4.67. The third-order valence-electron chi connectivity index (χ3n) is 9.48. The van der Waals surface area contributed by atoms with Crippen LogP contribution in [0.1, 0.15) is 76.6 Å². The molecule has 51 heavy (non-hydrogen) atoms. The molecule has 2 saturated heterocycles. The van der Waals surface area contributed by atoms with E-state index in [0.717, 1.165) is 65.3 Å². The number of nitrogens with two attached hydrogens (primary N) is 1. The van der Waals surface area contributed by atoms with Crippen LogP contribution in [0.3, 0.4) is 0 Å². The van der Waals surface area contributed by atoms with Gasteiger partial charge >= 0.3 is 29.9 Å². The maximum atomic E-state index is 12.5. The van der Waals surface area contributed by atoms with Gasteiger partial charge in [-0.05, 0) is 74.6 Å². The zero-order valence-electron chi connectivity index (χ0n) is 29.2. The monoisotopic (exact) mass is 711 g/mol. The molecule has 0 radical (unpaired) electrons. The van der Waals surface area contributed by atoms with Crippen molar-refractivity contribution in [2.45, 2.75) is 84.7 Å². The molecule has 0 bridgehead atoms. The van der Waals surface area contributed by atoms with E-state index in [1.807, 2.05) is 74.2 Å². The van der Waals surface area contributed by atoms with E-state index in [-0.39, 0.29) is 18.5 Å². The lowest BCUT2D eigenvalue weighted by Gasteiger charge is -2.38. The van der Waals surface area contributed by atoms with E-state index in [1.54, 1.807) is 9.58 Å². The molecule has 0 aliphatic carbocycles. The number of alkyl halides is 3. The normalized spacial score (nSPS) is 20.9. The number of aromatic nitrogens is 4. The Morgan fingerprint density at radius 1 is 0.765 bits per heavy atom. The first kappa shape index (κ1) is 37.3. The van der Waals surface area contributed by atoms with Gasteiger partial charge in [0.1, 0.15) is 0 Å². The van der Waals surface area contributed by atoms with Gasteiger partial charge in [-0.15, -0.1) is 0 Å². The number of aryl methyl sites for hydroxylation is 2. The number of benzene rings is 2. The number of hydrogen-bond donors (Lipinski definition) is 1. The van der Waals surface area contributed by atoms with Crippen LogP contribution in [0, 0.1) is 11.8 Å². The summed E-state index contributed by atoms with van der Waals surface area (Å²) in [7, 11) is 0. The molecule has 4 atom stereocenters. The van der Waals surface area contributed by atoms with Crippen molar-refractivity contribution in [3.8, 4) is 0 Å². The van der Waals surface area contributed by atoms with Crippen molar-refractivity contribution in [2.24, 2.45) is 17.6 Å². The second-order valence-electron chi connectivity index (χ2n) is 13.5. The summed E-state index contributed by atoms with van der Waals surface area (Å²) in [5, 5.41) is 11.0. The van der Waals surface area contributed by atoms with Crippen LogP contribution < -0.4 is 5.73 Å². The van der Waals surface area contributed by atoms with Gasteiger partial charge in [0.2, 0.25) is 0 Å². The van der Waals surface area contributed by atoms with Gasteiger partial charge in [-0.1, -0.05) is 38.1 Å². The zero-order valence-corrected chi connectivity index (χ0v) is 29.2. The third kappa shape index (κ3) is 8.86. The number of amides is 3. The average molecular weight is 712 g/mol. The van der Waals surface area contributed by atoms with Gasteiger partial charge in [-0.25, -0.2) is 4.79 Å². The number of piperidine rings is 2. The van der Waals surface area contributed by atoms with E-state index in [1.165, 1.54) is 4.90 Å². The molecule has 3 amide bonds. The maximum Gasteiger partial charge on any atom is 0.422 e. The number of esters is 1. The van der Waals surface area contributed by atoms with Gasteiger partial charge in [0.05, 0.1) is 23.1 Å². The highest BCUT2D eigenvalue weighted by atomic mass is 19.4. The fourth-order valence-electron chi connectivity index (χ4n) is 6.82. The van der Waals surface area contributed by atoms with Crippen molar-refractivity contribution >= 4 is 45.5 Å². The Bertz CT molecular complexity index is 1900. The average Bonchev–Trinajstić information content (AvgIpc) is 3.72. The van der Waals surface area contributed by atoms with E-state index in [2.05, 4.69) is 21.9 Å². The topological polar surface area (TPSA) is 146 Å². The Hall–Kier alpha value is -4.95. The van der Waals surface area contributed by atoms with Gasteiger partial charge in [0.15, 0.2) is 6.61 Å². The highest BCUT2D eigenvalue weighted by Crippen LogP contribution is 2.36. The van der Waals surface area contributed by atoms with E-state index >= 15 is 0 Å². The second-order valence-corrected chi connectivity index (χ2v) is 13.5. The molecule has 274 valence electrons. The number of nitrogens with zero attached hydrogens (tertiary/aromatic N) is 6. The molecule has 6 rings (SSSR count). The van der Waals surface area contributed by atoms with Gasteiger partial charge in [-0.2, -0.15) is 23.4 Å². The molecule has 2 N–H and O–H groups in total. The van der Waals surface area contributed by atoms with Gasteiger partial charge < -0.3 is 20.3 Å². The number of ether oxygens (including phenoxy) is 1. The zero-order chi connectivity index (χ0) is 37.0. The predicted molar refractivity (Wildman–Crippen MR) is 183 cm³/mol. The van der Waals surface area contributed by atoms with Crippen LogP contribution in [-0.4, -0.2) is 78.9 Å². The van der Waals surface area contributed by atoms with Crippen LogP contribution in [0.5, 0.6) is 0 Å². The van der Waals surface area contributed by atoms with Crippen molar-refractivity contribution in [3.05, 3.63) is 59.9 Å². The fraction of sp³-hybridized carbons (Fsp3) is 0.500. The van der Waals surface area contributed by atoms with Crippen LogP contribution in [0.2, 0.25) is 0 Å². The number of halogens is 3. The van der Waals surface area contributed by atoms with Crippen molar-refractivity contribution < 1.29 is 37.1 Å². The number of hydrogen-bond acceptors (Lipinski definition) is 7. The molecule has 0 saturated carbocycles. The first-order valence-electron chi connectivity index (χ1n) is 17.3. The molecule has 2 aliphatic heterocycles. The highest BCUT2D eigenvalue weighted by molar-refractivity contribution is 6.34. The Balaban J connectivity index is 0.000000201. The van der Waals surface area contributed by atoms with Crippen molar-refractivity contribution in [1.29, 1.82) is 0 Å². The molecule has 0 unspecified atom stereocenters. The smallest absolute Gasteiger partial charge is 0.422 e. The molecule has 0 spiro atoms. The first-order valence-corrected chi connectivity index (χ1v) is 17.3. The van der Waals surface area contributed by atoms with E-state index in [0.29, 0.717) is 18.9 Å². The van der Waals surface area contributed by atoms with E-state index in [9.17, 15) is 32.3 Å². The molecular formula is C36H44F3N7O5. The summed E-state index contributed by atoms with van der Waals surface area (Å²) in [4.78, 5) is 50.9. The molecule has 4 aromatic rings. The van der Waals surface area contributed by atoms with Crippen molar-refractivity contribution in [2.75, 3.05) is 19.7 Å². The number of carbonyl (C=O) groups is 4. The van der Waals surface area contributed by atoms with Crippen LogP contribution in [0.4, 0.5) is 13.2 Å². The Labute approximate surface area is 293 Å². The number of primary amides is 1. The number of carbonyl (C=O) groups excluding carboxylic acids is 4. The van der Waals surface area contributed by atoms with Gasteiger partial charge in [0.25, 0.3) is 0 Å². The van der Waals surface area contributed by atoms with Gasteiger partial charge in [0, 0.05) is 49.3 Å². The summed E-state index contributed by atoms with van der Waals surface area (Å²) in [6.45, 7) is 8.65. The lowest BCUT2D eigenvalue weighted by Crippen LogP contribution is -2.46. The highest BCUT2D eigenvalue weighted by Gasteiger charge is 2.38. The van der Waals surface area contributed by atoms with E-state index in [4.69, 9.17) is 5.73 Å². The van der Waals surface area contributed by atoms with Crippen LogP contribution in [0.15, 0.2) is 48.8 Å². The van der Waals surface area contributed by atoms with Crippen LogP contribution >= 0.6 is 0 Å². The summed E-state index contributed by atoms with van der Waals surface area (Å²) >= 11 is 0. The van der Waals surface area contributed by atoms with Crippen molar-refractivity contribution in [3.63, 3.8) is 0 Å². The number of fused-ring (bicyclic) bond motifs is 2. The first-order chi connectivity index (χ1) is 24.2. The van der Waals surface area contributed by atoms with Crippen LogP contribution in [0.25, 0.3) is 21.8 Å². The minimum absolute atomic E-state index is 0.109. The molecular weight excluding hydrogens is 667 g/mol. The predicted octanol–water partition coefficient (Wildman–Crippen LogP) is 5.30. The molecule has 2 aromatic heterocycles. The molecule has 2 aliphatic rings. The molecule has 2 aromatic carbocycles. The Kier molecular flexibility index (Phi) is 11.4. The third-order valence-corrected chi connectivity index (χ3v) is 9.48. The minimum Gasteiger partial charge on any atom is -0.449 e. The number of rotatable bonds is 5. The summed E-state index contributed by atoms with van der Waals surface area (Å²) in [6.07, 6.45) is 2.56. The largest absolute Gasteiger partial charge is 0.449 e. The lowest BCUT2D eigenvalue weighted by molar-refractivity contribution is -0.190. The standard InChI is InChI=1S/C19H22F3N3O3.C17H22N4O2/c1-3-24-10-14-6-5-13(8-15(14)23-24)16-7-4-12(2)9-25(16)17(26)18(27)28-11-19(20,21)22;1-3-20-10-13-6-5-12(8-14(13)19-20)15-7-4-11(2)9-21(15)17(23)16(18)22/h5-6,8,10,12,16H,3-4,7,9,11H2,1-2H3;5-6,8,10-11,15H,3-4,7,9H2,1-2H3,(H2,18,22)/t12-,16+;11-,15+/m00/s1. The summed E-state index contributed by atoms with van der Waals surface area (Å²) in [6, 6.07) is 11.2. The van der Waals surface area contributed by atoms with Gasteiger partial charge in [-0.3, -0.25) is 23.7 Å². The maximum absolute atomic E-state index is 12.5. The fourth-order valence-corrected chi connectivity index (χ4v) is 6.82. The SMILES string of the molecule is CCn1cc2ccc([C@H]3CC[C@H](C)CN3C(=O)C(=O)OCC(F)(F)F)cc2n1.CCn1cc2ccc([C@H]3CC[C@H](C)CN3C(=O)C(N)=O)cc2n1. The summed E-state index contributed by atoms with van der Waals surface area (Å²) in [5.41, 5.74) is 8.72. The summed E-state index contributed by atoms with van der Waals surface area (Å²) in [5.74, 6) is -3.50. The second kappa shape index (κ2) is 15.5. The van der Waals surface area contributed by atoms with Crippen molar-refractivity contribution in [1.82, 2.24) is 29.4 Å². The Morgan fingerprint density at radius 2 is 1.22 bits per heavy atom.